The van der Waals surface area contributed by atoms with Crippen molar-refractivity contribution in [2.24, 2.45) is 0 Å². The van der Waals surface area contributed by atoms with E-state index in [0.717, 1.165) is 38.8 Å². The molecule has 0 spiro atoms. The third kappa shape index (κ3) is 82.2. The van der Waals surface area contributed by atoms with Crippen LogP contribution in [-0.2, 0) is 9.59 Å². The van der Waals surface area contributed by atoms with E-state index in [4.69, 9.17) is 0 Å². The van der Waals surface area contributed by atoms with Crippen LogP contribution in [0.4, 0.5) is 0 Å². The third-order valence-corrected chi connectivity index (χ3v) is 14.8. The van der Waals surface area contributed by atoms with Crippen molar-refractivity contribution < 1.29 is 9.59 Å². The van der Waals surface area contributed by atoms with Gasteiger partial charge in [-0.2, -0.15) is 0 Å². The Balaban J connectivity index is -0.000000107. The summed E-state index contributed by atoms with van der Waals surface area (Å²) in [7, 11) is 19.0. The van der Waals surface area contributed by atoms with Gasteiger partial charge in [-0.25, -0.2) is 0 Å². The Bertz CT molecular complexity index is 1090. The molecule has 0 unspecified atom stereocenters. The van der Waals surface area contributed by atoms with Crippen LogP contribution >= 0.6 is 0 Å². The number of amides is 2. The molecule has 0 aromatic carbocycles. The van der Waals surface area contributed by atoms with Gasteiger partial charge in [0.2, 0.25) is 11.8 Å². The summed E-state index contributed by atoms with van der Waals surface area (Å²) in [6.45, 7) is 58.9. The normalized spacial score (nSPS) is 19.6. The third-order valence-electron chi connectivity index (χ3n) is 14.8. The standard InChI is InChI=1S/C8H15N.3C7H15N.C6H11NO.2C6H13N.C5H9NO.C5H11N.9C2H6/c1-8-6-4-3-5-7-9(8)2;3*1-8-6-4-2-3-5-7-8;1-7-5-3-2-4-6(7)8;2*1-7-5-3-2-4-6-7;1-6-4-2-3-5(6)7;1-6-4-2-3-5-6;9*1-2/h1,3-7H2,2H3;3*2-7H2,1H3;2-5H2,1H3;2*2-6H2,1H3;2-4H2,1H3;2-5H2,1H3;9*1-2H3. The summed E-state index contributed by atoms with van der Waals surface area (Å²) in [4.78, 5) is 41.5. The number of carbonyl (C=O) groups excluding carboxylic acids is 2. The Hall–Kier alpha value is -1.76. The number of nitrogens with zero attached hydrogens (tertiary/aromatic N) is 9. The van der Waals surface area contributed by atoms with Gasteiger partial charge in [-0.15, -0.1) is 0 Å². The van der Waals surface area contributed by atoms with Crippen molar-refractivity contribution in [3.63, 3.8) is 0 Å². The molecule has 86 heavy (non-hydrogen) atoms. The lowest BCUT2D eigenvalue weighted by Gasteiger charge is -2.21. The fraction of sp³-hybridized carbons (Fsp3) is 0.947. The SMILES string of the molecule is C=C1CCCCCN1C.CC.CC.CC.CC.CC.CC.CC.CC.CC.CN1CCCC1.CN1CCCC1=O.CN1CCCCC1.CN1CCCCC1.CN1CCCCC1=O.CN1CCCCCC1.CN1CCCCCC1.CN1CCCCCC1. The molecule has 0 aliphatic carbocycles. The van der Waals surface area contributed by atoms with E-state index in [0.29, 0.717) is 11.8 Å². The van der Waals surface area contributed by atoms with E-state index in [9.17, 15) is 9.59 Å². The number of hydrogen-bond acceptors (Lipinski definition) is 9. The second-order valence-electron chi connectivity index (χ2n) is 21.9. The van der Waals surface area contributed by atoms with Gasteiger partial charge in [-0.3, -0.25) is 9.59 Å². The Labute approximate surface area is 547 Å². The average Bonchev–Trinajstić information content (AvgIpc) is 3.88. The maximum atomic E-state index is 10.7. The molecule has 9 rings (SSSR count). The molecular weight excluding hydrogens is 1060 g/mol. The molecule has 9 fully saturated rings. The first-order chi connectivity index (χ1) is 41.8. The summed E-state index contributed by atoms with van der Waals surface area (Å²) >= 11 is 0. The quantitative estimate of drug-likeness (QED) is 0.236. The Morgan fingerprint density at radius 1 is 0.198 bits per heavy atom. The lowest BCUT2D eigenvalue weighted by atomic mass is 10.1. The van der Waals surface area contributed by atoms with Crippen LogP contribution in [0, 0.1) is 0 Å². The Kier molecular flexibility index (Phi) is 110. The number of carbonyl (C=O) groups is 2. The topological polar surface area (TPSA) is 63.3 Å². The minimum Gasteiger partial charge on any atom is -0.378 e. The summed E-state index contributed by atoms with van der Waals surface area (Å²) < 4.78 is 0. The summed E-state index contributed by atoms with van der Waals surface area (Å²) in [6.07, 6.45) is 38.7. The highest BCUT2D eigenvalue weighted by Gasteiger charge is 2.15. The van der Waals surface area contributed by atoms with Crippen LogP contribution in [0.2, 0.25) is 0 Å². The summed E-state index contributed by atoms with van der Waals surface area (Å²) in [6, 6.07) is 0. The van der Waals surface area contributed by atoms with E-state index in [2.05, 4.69) is 90.2 Å². The van der Waals surface area contributed by atoms with Gasteiger partial charge < -0.3 is 44.1 Å². The maximum absolute atomic E-state index is 10.7. The van der Waals surface area contributed by atoms with E-state index in [1.54, 1.807) is 9.80 Å². The zero-order valence-corrected chi connectivity index (χ0v) is 65.2. The van der Waals surface area contributed by atoms with Gasteiger partial charge in [0.05, 0.1) is 0 Å². The zero-order valence-electron chi connectivity index (χ0n) is 65.2. The minimum absolute atomic E-state index is 0.292. The molecule has 0 aromatic rings. The molecule has 2 amide bonds. The Morgan fingerprint density at radius 2 is 0.349 bits per heavy atom. The number of allylic oxidation sites excluding steroid dienone is 1. The van der Waals surface area contributed by atoms with E-state index in [1.165, 1.54) is 251 Å². The smallest absolute Gasteiger partial charge is 0.222 e. The number of rotatable bonds is 0. The minimum atomic E-state index is 0.292. The first kappa shape index (κ1) is 103. The van der Waals surface area contributed by atoms with Crippen molar-refractivity contribution in [1.29, 1.82) is 0 Å². The van der Waals surface area contributed by atoms with Crippen molar-refractivity contribution >= 4 is 11.8 Å². The predicted molar refractivity (Wildman–Crippen MR) is 398 cm³/mol. The molecule has 0 radical (unpaired) electrons. The largest absolute Gasteiger partial charge is 0.378 e. The van der Waals surface area contributed by atoms with Crippen LogP contribution in [0.3, 0.4) is 0 Å². The van der Waals surface area contributed by atoms with Gasteiger partial charge in [-0.05, 0) is 236 Å². The molecule has 9 saturated heterocycles. The molecule has 9 aliphatic rings. The van der Waals surface area contributed by atoms with E-state index in [-0.39, 0.29) is 0 Å². The number of piperidine rings is 3. The van der Waals surface area contributed by atoms with Crippen LogP contribution in [0.1, 0.15) is 311 Å². The molecule has 11 heteroatoms. The number of likely N-dealkylation sites (tertiary alicyclic amines) is 9. The monoisotopic (exact) mass is 1230 g/mol. The van der Waals surface area contributed by atoms with E-state index in [1.807, 2.05) is 139 Å². The summed E-state index contributed by atoms with van der Waals surface area (Å²) in [5.74, 6) is 0.594. The predicted octanol–water partition coefficient (Wildman–Crippen LogP) is 19.5. The van der Waals surface area contributed by atoms with Crippen LogP contribution in [0.15, 0.2) is 12.3 Å². The van der Waals surface area contributed by atoms with Crippen molar-refractivity contribution in [1.82, 2.24) is 44.1 Å². The van der Waals surface area contributed by atoms with Gasteiger partial charge in [0.1, 0.15) is 0 Å². The molecule has 9 heterocycles. The first-order valence-electron chi connectivity index (χ1n) is 37.8. The lowest BCUT2D eigenvalue weighted by Crippen LogP contribution is -2.31. The highest BCUT2D eigenvalue weighted by atomic mass is 16.2. The average molecular weight is 1230 g/mol. The first-order valence-corrected chi connectivity index (χ1v) is 37.8. The second-order valence-corrected chi connectivity index (χ2v) is 21.9. The fourth-order valence-corrected chi connectivity index (χ4v) is 9.59. The van der Waals surface area contributed by atoms with Crippen molar-refractivity contribution in [3.8, 4) is 0 Å². The highest BCUT2D eigenvalue weighted by Crippen LogP contribution is 2.16. The van der Waals surface area contributed by atoms with Crippen molar-refractivity contribution in [2.45, 2.75) is 311 Å². The molecule has 528 valence electrons. The fourth-order valence-electron chi connectivity index (χ4n) is 9.59. The van der Waals surface area contributed by atoms with Gasteiger partial charge >= 0.3 is 0 Å². The zero-order chi connectivity index (χ0) is 68.0. The van der Waals surface area contributed by atoms with Crippen LogP contribution in [-0.4, -0.2) is 218 Å². The van der Waals surface area contributed by atoms with Crippen molar-refractivity contribution in [2.75, 3.05) is 162 Å². The van der Waals surface area contributed by atoms with Gasteiger partial charge in [0, 0.05) is 59.3 Å². The van der Waals surface area contributed by atoms with Crippen LogP contribution in [0.5, 0.6) is 0 Å². The molecule has 0 saturated carbocycles. The Morgan fingerprint density at radius 3 is 0.535 bits per heavy atom. The number of hydrogen-bond donors (Lipinski definition) is 0. The second kappa shape index (κ2) is 92.0. The lowest BCUT2D eigenvalue weighted by molar-refractivity contribution is -0.131. The summed E-state index contributed by atoms with van der Waals surface area (Å²) in [5.41, 5.74) is 1.31. The van der Waals surface area contributed by atoms with Gasteiger partial charge in [0.25, 0.3) is 0 Å². The van der Waals surface area contributed by atoms with Crippen LogP contribution < -0.4 is 0 Å². The van der Waals surface area contributed by atoms with E-state index >= 15 is 0 Å². The van der Waals surface area contributed by atoms with Crippen molar-refractivity contribution in [3.05, 3.63) is 12.3 Å². The molecule has 0 atom stereocenters. The molecule has 0 bridgehead atoms. The molecular formula is C75H171N9O2. The molecule has 11 nitrogen and oxygen atoms in total. The maximum Gasteiger partial charge on any atom is 0.222 e. The highest BCUT2D eigenvalue weighted by molar-refractivity contribution is 5.77. The molecule has 0 N–H and O–H groups in total. The van der Waals surface area contributed by atoms with E-state index < -0.39 is 0 Å². The molecule has 9 aliphatic heterocycles. The van der Waals surface area contributed by atoms with Gasteiger partial charge in [-0.1, -0.05) is 189 Å². The molecule has 0 aromatic heterocycles. The summed E-state index contributed by atoms with van der Waals surface area (Å²) in [5, 5.41) is 0. The van der Waals surface area contributed by atoms with Crippen LogP contribution in [0.25, 0.3) is 0 Å². The van der Waals surface area contributed by atoms with Gasteiger partial charge in [0.15, 0.2) is 0 Å².